The smallest absolute Gasteiger partial charge is 0.210 e. The monoisotopic (exact) mass is 438 g/mol. The normalized spacial score (nSPS) is 12.0. The Labute approximate surface area is 183 Å². The topological polar surface area (TPSA) is 51.2 Å². The molecule has 0 bridgehead atoms. The second kappa shape index (κ2) is 9.19. The van der Waals surface area contributed by atoms with Crippen LogP contribution in [-0.2, 0) is 27.5 Å². The zero-order valence-corrected chi connectivity index (χ0v) is 19.1. The van der Waals surface area contributed by atoms with E-state index in [0.29, 0.717) is 0 Å². The molecular formula is C25H26O3S2. The second-order valence-corrected chi connectivity index (χ2v) is 10.7. The molecule has 0 aliphatic carbocycles. The van der Waals surface area contributed by atoms with Crippen molar-refractivity contribution in [2.45, 2.75) is 36.3 Å². The summed E-state index contributed by atoms with van der Waals surface area (Å²) in [6.07, 6.45) is 1.90. The molecule has 30 heavy (non-hydrogen) atoms. The predicted octanol–water partition coefficient (Wildman–Crippen LogP) is 5.19. The molecule has 3 aromatic rings. The molecule has 0 atom stereocenters. The summed E-state index contributed by atoms with van der Waals surface area (Å²) in [5, 5.41) is -0.340. The van der Waals surface area contributed by atoms with Crippen LogP contribution in [0.4, 0.5) is 0 Å². The second-order valence-electron chi connectivity index (χ2n) is 7.63. The summed E-state index contributed by atoms with van der Waals surface area (Å²) in [7, 11) is -3.96. The standard InChI is InChI=1S/C25H26O3S2/c1-19-9-13-21(14-10-19)17-25(24(26)29-3,18-22-15-11-20(2)12-16-22)30(27,28)23-7-5-4-6-8-23/h4-16H,17-18H2,1-3H3. The molecule has 0 radical (unpaired) electrons. The van der Waals surface area contributed by atoms with Gasteiger partial charge >= 0.3 is 0 Å². The Morgan fingerprint density at radius 1 is 0.767 bits per heavy atom. The Kier molecular flexibility index (Phi) is 6.84. The van der Waals surface area contributed by atoms with Gasteiger partial charge in [0.1, 0.15) is 0 Å². The summed E-state index contributed by atoms with van der Waals surface area (Å²) in [5.74, 6) is 0. The van der Waals surface area contributed by atoms with Gasteiger partial charge in [-0.05, 0) is 43.4 Å². The van der Waals surface area contributed by atoms with Crippen molar-refractivity contribution in [3.05, 3.63) is 101 Å². The molecule has 0 aliphatic heterocycles. The van der Waals surface area contributed by atoms with Crippen LogP contribution < -0.4 is 0 Å². The maximum absolute atomic E-state index is 14.0. The van der Waals surface area contributed by atoms with Crippen molar-refractivity contribution in [3.8, 4) is 0 Å². The molecule has 156 valence electrons. The maximum Gasteiger partial charge on any atom is 0.210 e. The summed E-state index contributed by atoms with van der Waals surface area (Å²) < 4.78 is 26.3. The Balaban J connectivity index is 2.21. The van der Waals surface area contributed by atoms with Crippen LogP contribution >= 0.6 is 11.8 Å². The van der Waals surface area contributed by atoms with Crippen molar-refractivity contribution < 1.29 is 13.2 Å². The van der Waals surface area contributed by atoms with Gasteiger partial charge in [0.05, 0.1) is 4.90 Å². The van der Waals surface area contributed by atoms with Crippen LogP contribution in [0.25, 0.3) is 0 Å². The number of benzene rings is 3. The van der Waals surface area contributed by atoms with Gasteiger partial charge < -0.3 is 0 Å². The van der Waals surface area contributed by atoms with E-state index in [1.54, 1.807) is 36.6 Å². The molecule has 0 unspecified atom stereocenters. The lowest BCUT2D eigenvalue weighted by Crippen LogP contribution is -2.49. The van der Waals surface area contributed by atoms with E-state index in [9.17, 15) is 13.2 Å². The van der Waals surface area contributed by atoms with Crippen molar-refractivity contribution in [1.29, 1.82) is 0 Å². The zero-order valence-electron chi connectivity index (χ0n) is 17.5. The average Bonchev–Trinajstić information content (AvgIpc) is 2.76. The number of carbonyl (C=O) groups excluding carboxylic acids is 1. The van der Waals surface area contributed by atoms with E-state index in [4.69, 9.17) is 0 Å². The quantitative estimate of drug-likeness (QED) is 0.509. The Morgan fingerprint density at radius 3 is 1.60 bits per heavy atom. The van der Waals surface area contributed by atoms with E-state index < -0.39 is 14.6 Å². The minimum absolute atomic E-state index is 0.123. The fourth-order valence-corrected chi connectivity index (χ4v) is 6.58. The fraction of sp³-hybridized carbons (Fsp3) is 0.240. The fourth-order valence-electron chi connectivity index (χ4n) is 3.59. The van der Waals surface area contributed by atoms with Crippen LogP contribution in [0.3, 0.4) is 0 Å². The third kappa shape index (κ3) is 4.52. The lowest BCUT2D eigenvalue weighted by Gasteiger charge is -2.32. The molecule has 0 fully saturated rings. The van der Waals surface area contributed by atoms with Crippen molar-refractivity contribution in [2.24, 2.45) is 0 Å². The number of carbonyl (C=O) groups is 1. The average molecular weight is 439 g/mol. The van der Waals surface area contributed by atoms with Gasteiger partial charge in [0.15, 0.2) is 14.6 Å². The van der Waals surface area contributed by atoms with Gasteiger partial charge in [-0.1, -0.05) is 89.6 Å². The van der Waals surface area contributed by atoms with Crippen molar-refractivity contribution in [2.75, 3.05) is 6.26 Å². The third-order valence-electron chi connectivity index (χ3n) is 5.35. The molecule has 0 amide bonds. The van der Waals surface area contributed by atoms with Crippen molar-refractivity contribution in [3.63, 3.8) is 0 Å². The molecule has 0 aromatic heterocycles. The zero-order chi connectivity index (χ0) is 21.8. The van der Waals surface area contributed by atoms with Crippen LogP contribution in [-0.4, -0.2) is 24.5 Å². The Morgan fingerprint density at radius 2 is 1.20 bits per heavy atom. The molecule has 0 heterocycles. The molecule has 0 aliphatic rings. The van der Waals surface area contributed by atoms with Gasteiger partial charge in [-0.2, -0.15) is 0 Å². The van der Waals surface area contributed by atoms with Crippen molar-refractivity contribution >= 4 is 26.7 Å². The highest BCUT2D eigenvalue weighted by Gasteiger charge is 2.50. The first kappa shape index (κ1) is 22.3. The van der Waals surface area contributed by atoms with Crippen molar-refractivity contribution in [1.82, 2.24) is 0 Å². The van der Waals surface area contributed by atoms with Crippen LogP contribution in [0, 0.1) is 13.8 Å². The highest BCUT2D eigenvalue weighted by atomic mass is 32.2. The third-order valence-corrected chi connectivity index (χ3v) is 8.63. The van der Waals surface area contributed by atoms with E-state index in [-0.39, 0.29) is 22.9 Å². The molecule has 5 heteroatoms. The number of aryl methyl sites for hydroxylation is 2. The van der Waals surface area contributed by atoms with E-state index in [1.807, 2.05) is 62.4 Å². The van der Waals surface area contributed by atoms with E-state index in [0.717, 1.165) is 34.0 Å². The number of sulfone groups is 1. The van der Waals surface area contributed by atoms with E-state index >= 15 is 0 Å². The molecule has 0 saturated carbocycles. The van der Waals surface area contributed by atoms with Gasteiger partial charge in [0, 0.05) is 12.8 Å². The SMILES string of the molecule is CSC(=O)C(Cc1ccc(C)cc1)(Cc1ccc(C)cc1)S(=O)(=O)c1ccccc1. The number of rotatable bonds is 7. The summed E-state index contributed by atoms with van der Waals surface area (Å²) >= 11 is 0.980. The largest absolute Gasteiger partial charge is 0.285 e. The molecular weight excluding hydrogens is 412 g/mol. The lowest BCUT2D eigenvalue weighted by atomic mass is 9.92. The molecule has 0 N–H and O–H groups in total. The molecule has 0 saturated heterocycles. The van der Waals surface area contributed by atoms with Crippen LogP contribution in [0.2, 0.25) is 0 Å². The van der Waals surface area contributed by atoms with E-state index in [2.05, 4.69) is 0 Å². The molecule has 0 spiro atoms. The first-order valence-electron chi connectivity index (χ1n) is 9.78. The number of hydrogen-bond donors (Lipinski definition) is 0. The van der Waals surface area contributed by atoms with Crippen LogP contribution in [0.15, 0.2) is 83.8 Å². The van der Waals surface area contributed by atoms with Crippen LogP contribution in [0.5, 0.6) is 0 Å². The van der Waals surface area contributed by atoms with E-state index in [1.165, 1.54) is 0 Å². The van der Waals surface area contributed by atoms with Gasteiger partial charge in [0.25, 0.3) is 0 Å². The number of hydrogen-bond acceptors (Lipinski definition) is 4. The minimum Gasteiger partial charge on any atom is -0.285 e. The summed E-state index contributed by atoms with van der Waals surface area (Å²) in [6.45, 7) is 3.97. The predicted molar refractivity (Wildman–Crippen MR) is 125 cm³/mol. The van der Waals surface area contributed by atoms with Gasteiger partial charge in [0.2, 0.25) is 5.12 Å². The molecule has 3 nitrogen and oxygen atoms in total. The Bertz CT molecular complexity index is 1050. The first-order valence-corrected chi connectivity index (χ1v) is 12.5. The highest BCUT2D eigenvalue weighted by Crippen LogP contribution is 2.37. The number of thioether (sulfide) groups is 1. The van der Waals surface area contributed by atoms with Gasteiger partial charge in [-0.3, -0.25) is 4.79 Å². The lowest BCUT2D eigenvalue weighted by molar-refractivity contribution is -0.113. The van der Waals surface area contributed by atoms with Crippen LogP contribution in [0.1, 0.15) is 22.3 Å². The minimum atomic E-state index is -3.96. The van der Waals surface area contributed by atoms with Gasteiger partial charge in [-0.15, -0.1) is 0 Å². The highest BCUT2D eigenvalue weighted by molar-refractivity contribution is 8.15. The molecule has 3 rings (SSSR count). The molecule has 3 aromatic carbocycles. The first-order chi connectivity index (χ1) is 14.3. The van der Waals surface area contributed by atoms with Gasteiger partial charge in [-0.25, -0.2) is 8.42 Å². The summed E-state index contributed by atoms with van der Waals surface area (Å²) in [5.41, 5.74) is 3.83. The maximum atomic E-state index is 14.0. The summed E-state index contributed by atoms with van der Waals surface area (Å²) in [6, 6.07) is 23.7. The Hall–Kier alpha value is -2.37. The summed E-state index contributed by atoms with van der Waals surface area (Å²) in [4.78, 5) is 13.6.